The standard InChI is InChI=1S/C13H10Br3NO3S/c1-20-11-5-9(15)4-10(7-11)17-21(18,19)13-6-8(14)2-3-12(13)16/h2-7,17H,1H3. The maximum atomic E-state index is 12.5. The fourth-order valence-corrected chi connectivity index (χ4v) is 4.65. The summed E-state index contributed by atoms with van der Waals surface area (Å²) >= 11 is 9.83. The van der Waals surface area contributed by atoms with Crippen molar-refractivity contribution in [3.05, 3.63) is 49.8 Å². The summed E-state index contributed by atoms with van der Waals surface area (Å²) in [7, 11) is -2.19. The highest BCUT2D eigenvalue weighted by Gasteiger charge is 2.18. The number of hydrogen-bond acceptors (Lipinski definition) is 3. The minimum Gasteiger partial charge on any atom is -0.497 e. The van der Waals surface area contributed by atoms with E-state index in [0.29, 0.717) is 24.9 Å². The number of anilines is 1. The second-order valence-electron chi connectivity index (χ2n) is 4.06. The Bertz CT molecular complexity index is 778. The van der Waals surface area contributed by atoms with E-state index in [1.54, 1.807) is 30.3 Å². The van der Waals surface area contributed by atoms with Gasteiger partial charge in [0.1, 0.15) is 10.6 Å². The van der Waals surface area contributed by atoms with Crippen molar-refractivity contribution in [3.63, 3.8) is 0 Å². The van der Waals surface area contributed by atoms with Crippen LogP contribution in [0.25, 0.3) is 0 Å². The van der Waals surface area contributed by atoms with E-state index in [9.17, 15) is 8.42 Å². The molecule has 0 aliphatic heterocycles. The van der Waals surface area contributed by atoms with Gasteiger partial charge in [0.25, 0.3) is 10.0 Å². The summed E-state index contributed by atoms with van der Waals surface area (Å²) in [6.45, 7) is 0. The lowest BCUT2D eigenvalue weighted by Crippen LogP contribution is -2.13. The van der Waals surface area contributed by atoms with E-state index in [1.165, 1.54) is 13.2 Å². The van der Waals surface area contributed by atoms with Crippen LogP contribution in [0.15, 0.2) is 54.7 Å². The molecule has 0 aliphatic carbocycles. The van der Waals surface area contributed by atoms with Crippen LogP contribution in [-0.2, 0) is 10.0 Å². The Morgan fingerprint density at radius 2 is 1.71 bits per heavy atom. The van der Waals surface area contributed by atoms with E-state index in [0.717, 1.165) is 0 Å². The van der Waals surface area contributed by atoms with Gasteiger partial charge in [0.05, 0.1) is 12.8 Å². The van der Waals surface area contributed by atoms with Crippen molar-refractivity contribution < 1.29 is 13.2 Å². The summed E-state index contributed by atoms with van der Waals surface area (Å²) in [6.07, 6.45) is 0. The zero-order chi connectivity index (χ0) is 15.6. The largest absolute Gasteiger partial charge is 0.497 e. The molecule has 0 aliphatic rings. The quantitative estimate of drug-likeness (QED) is 0.658. The number of sulfonamides is 1. The first-order valence-electron chi connectivity index (χ1n) is 5.64. The monoisotopic (exact) mass is 497 g/mol. The molecule has 0 amide bonds. The smallest absolute Gasteiger partial charge is 0.263 e. The molecule has 0 saturated heterocycles. The van der Waals surface area contributed by atoms with E-state index >= 15 is 0 Å². The van der Waals surface area contributed by atoms with Gasteiger partial charge >= 0.3 is 0 Å². The number of methoxy groups -OCH3 is 1. The third kappa shape index (κ3) is 4.21. The highest BCUT2D eigenvalue weighted by atomic mass is 79.9. The van der Waals surface area contributed by atoms with Gasteiger partial charge in [-0.05, 0) is 46.3 Å². The van der Waals surface area contributed by atoms with Crippen LogP contribution in [0, 0.1) is 0 Å². The molecule has 112 valence electrons. The molecule has 2 aromatic carbocycles. The third-order valence-electron chi connectivity index (χ3n) is 2.54. The summed E-state index contributed by atoms with van der Waals surface area (Å²) in [4.78, 5) is 0.149. The van der Waals surface area contributed by atoms with E-state index in [4.69, 9.17) is 4.74 Å². The van der Waals surface area contributed by atoms with E-state index in [2.05, 4.69) is 52.5 Å². The molecule has 0 fully saturated rings. The van der Waals surface area contributed by atoms with Gasteiger partial charge in [0.15, 0.2) is 0 Å². The molecule has 0 bridgehead atoms. The molecule has 4 nitrogen and oxygen atoms in total. The van der Waals surface area contributed by atoms with Crippen LogP contribution < -0.4 is 9.46 Å². The first-order chi connectivity index (χ1) is 9.81. The molecular formula is C13H10Br3NO3S. The lowest BCUT2D eigenvalue weighted by atomic mass is 10.3. The fourth-order valence-electron chi connectivity index (χ4n) is 1.63. The van der Waals surface area contributed by atoms with Crippen molar-refractivity contribution >= 4 is 63.5 Å². The molecule has 2 rings (SSSR count). The molecule has 2 aromatic rings. The van der Waals surface area contributed by atoms with Crippen LogP contribution in [0.1, 0.15) is 0 Å². The maximum Gasteiger partial charge on any atom is 0.263 e. The normalized spacial score (nSPS) is 11.2. The molecule has 21 heavy (non-hydrogen) atoms. The van der Waals surface area contributed by atoms with Gasteiger partial charge in [0, 0.05) is 19.5 Å². The average molecular weight is 500 g/mol. The van der Waals surface area contributed by atoms with Gasteiger partial charge in [-0.25, -0.2) is 8.42 Å². The topological polar surface area (TPSA) is 55.4 Å². The second kappa shape index (κ2) is 6.68. The van der Waals surface area contributed by atoms with Gasteiger partial charge in [-0.2, -0.15) is 0 Å². The predicted molar refractivity (Wildman–Crippen MR) is 93.3 cm³/mol. The number of hydrogen-bond donors (Lipinski definition) is 1. The Hall–Kier alpha value is -0.570. The van der Waals surface area contributed by atoms with Gasteiger partial charge in [0.2, 0.25) is 0 Å². The van der Waals surface area contributed by atoms with Crippen molar-refractivity contribution in [3.8, 4) is 5.75 Å². The first-order valence-corrected chi connectivity index (χ1v) is 9.50. The summed E-state index contributed by atoms with van der Waals surface area (Å²) in [5.41, 5.74) is 0.410. The van der Waals surface area contributed by atoms with E-state index in [-0.39, 0.29) is 4.90 Å². The number of rotatable bonds is 4. The van der Waals surface area contributed by atoms with Crippen LogP contribution in [0.3, 0.4) is 0 Å². The minimum absolute atomic E-state index is 0.149. The van der Waals surface area contributed by atoms with Crippen LogP contribution in [-0.4, -0.2) is 15.5 Å². The molecular weight excluding hydrogens is 490 g/mol. The van der Waals surface area contributed by atoms with Gasteiger partial charge < -0.3 is 4.74 Å². The summed E-state index contributed by atoms with van der Waals surface area (Å²) in [6, 6.07) is 9.96. The Labute approximate surface area is 148 Å². The fraction of sp³-hybridized carbons (Fsp3) is 0.0769. The Morgan fingerprint density at radius 3 is 2.38 bits per heavy atom. The molecule has 0 saturated carbocycles. The number of ether oxygens (including phenoxy) is 1. The van der Waals surface area contributed by atoms with Crippen molar-refractivity contribution in [1.29, 1.82) is 0 Å². The van der Waals surface area contributed by atoms with Gasteiger partial charge in [-0.3, -0.25) is 4.72 Å². The first kappa shape index (κ1) is 16.8. The van der Waals surface area contributed by atoms with Crippen molar-refractivity contribution in [2.24, 2.45) is 0 Å². The number of nitrogens with one attached hydrogen (secondary N) is 1. The lowest BCUT2D eigenvalue weighted by Gasteiger charge is -2.11. The van der Waals surface area contributed by atoms with Crippen molar-refractivity contribution in [2.75, 3.05) is 11.8 Å². The molecule has 0 aromatic heterocycles. The lowest BCUT2D eigenvalue weighted by molar-refractivity contribution is 0.415. The number of halogens is 3. The third-order valence-corrected chi connectivity index (χ3v) is 5.87. The molecule has 1 N–H and O–H groups in total. The zero-order valence-electron chi connectivity index (χ0n) is 10.7. The highest BCUT2D eigenvalue weighted by molar-refractivity contribution is 9.11. The summed E-state index contributed by atoms with van der Waals surface area (Å²) in [5, 5.41) is 0. The number of benzene rings is 2. The van der Waals surface area contributed by atoms with Crippen molar-refractivity contribution in [1.82, 2.24) is 0 Å². The molecule has 8 heteroatoms. The summed E-state index contributed by atoms with van der Waals surface area (Å²) in [5.74, 6) is 0.551. The average Bonchev–Trinajstić information content (AvgIpc) is 2.40. The Balaban J connectivity index is 2.42. The zero-order valence-corrected chi connectivity index (χ0v) is 16.3. The van der Waals surface area contributed by atoms with Gasteiger partial charge in [-0.15, -0.1) is 0 Å². The van der Waals surface area contributed by atoms with Crippen LogP contribution in [0.2, 0.25) is 0 Å². The van der Waals surface area contributed by atoms with Crippen LogP contribution in [0.4, 0.5) is 5.69 Å². The molecule has 0 spiro atoms. The Morgan fingerprint density at radius 1 is 1.00 bits per heavy atom. The van der Waals surface area contributed by atoms with Crippen LogP contribution in [0.5, 0.6) is 5.75 Å². The van der Waals surface area contributed by atoms with Crippen molar-refractivity contribution in [2.45, 2.75) is 4.90 Å². The second-order valence-corrected chi connectivity index (χ2v) is 8.40. The predicted octanol–water partition coefficient (Wildman–Crippen LogP) is 4.78. The van der Waals surface area contributed by atoms with E-state index < -0.39 is 10.0 Å². The SMILES string of the molecule is COc1cc(Br)cc(NS(=O)(=O)c2cc(Br)ccc2Br)c1. The highest BCUT2D eigenvalue weighted by Crippen LogP contribution is 2.30. The molecule has 0 atom stereocenters. The summed E-state index contributed by atoms with van der Waals surface area (Å²) < 4.78 is 34.5. The van der Waals surface area contributed by atoms with Gasteiger partial charge in [-0.1, -0.05) is 31.9 Å². The maximum absolute atomic E-state index is 12.5. The molecule has 0 radical (unpaired) electrons. The molecule has 0 unspecified atom stereocenters. The Kier molecular flexibility index (Phi) is 5.34. The minimum atomic E-state index is -3.71. The molecule has 0 heterocycles. The van der Waals surface area contributed by atoms with E-state index in [1.807, 2.05) is 0 Å². The van der Waals surface area contributed by atoms with Crippen LogP contribution >= 0.6 is 47.8 Å².